The van der Waals surface area contributed by atoms with Crippen LogP contribution in [0.5, 0.6) is 5.75 Å². The summed E-state index contributed by atoms with van der Waals surface area (Å²) in [6.45, 7) is 23.0. The van der Waals surface area contributed by atoms with Gasteiger partial charge in [0.05, 0.1) is 6.04 Å². The molecule has 0 aliphatic rings. The number of ether oxygens (including phenoxy) is 1. The monoisotopic (exact) mass is 726 g/mol. The number of nitrogens with zero attached hydrogens (tertiary/aromatic N) is 2. The molecule has 0 aliphatic carbocycles. The number of carbonyl (C=O) groups is 2. The molecule has 0 saturated carbocycles. The Labute approximate surface area is 320 Å². The highest BCUT2D eigenvalue weighted by molar-refractivity contribution is 5.86. The van der Waals surface area contributed by atoms with Gasteiger partial charge >= 0.3 is 12.2 Å². The zero-order chi connectivity index (χ0) is 39.3. The van der Waals surface area contributed by atoms with Gasteiger partial charge in [-0.25, -0.2) is 14.5 Å². The van der Waals surface area contributed by atoms with Gasteiger partial charge in [0.1, 0.15) is 12.4 Å². The average Bonchev–Trinajstić information content (AvgIpc) is 3.07. The second-order valence-electron chi connectivity index (χ2n) is 17.0. The molecule has 7 heteroatoms. The summed E-state index contributed by atoms with van der Waals surface area (Å²) in [5.74, 6) is 1.04. The standard InChI is InChI=1S/C46H66N2O5/c1-33(2)47(34(3)4)30-29-38(36-23-17-14-18-24-36)39-31-37(27-28-41(39)53-32-35-21-15-13-16-22-35)40(45(5,6)7)25-19-11-12-20-26-42(46(8,9)10)48(43(49)50)44(51)52/h13-18,21-25,27-28,31,33-34,38,42H,11-12,19-20,26,29-30,32H2,1-10H3,(H,49,50)(H,51,52)/t38-,42?/m1/s1. The Morgan fingerprint density at radius 3 is 1.87 bits per heavy atom. The van der Waals surface area contributed by atoms with E-state index in [0.717, 1.165) is 50.0 Å². The van der Waals surface area contributed by atoms with Crippen LogP contribution in [0.25, 0.3) is 5.57 Å². The number of hydrogen-bond acceptors (Lipinski definition) is 4. The molecule has 290 valence electrons. The second-order valence-corrected chi connectivity index (χ2v) is 17.0. The molecule has 53 heavy (non-hydrogen) atoms. The third-order valence-corrected chi connectivity index (χ3v) is 10.2. The van der Waals surface area contributed by atoms with E-state index in [-0.39, 0.29) is 11.3 Å². The van der Waals surface area contributed by atoms with Crippen molar-refractivity contribution in [3.63, 3.8) is 0 Å². The molecule has 0 aromatic heterocycles. The first-order valence-corrected chi connectivity index (χ1v) is 19.5. The third-order valence-electron chi connectivity index (χ3n) is 10.2. The number of imide groups is 1. The van der Waals surface area contributed by atoms with Crippen LogP contribution in [-0.4, -0.2) is 56.9 Å². The Morgan fingerprint density at radius 1 is 0.755 bits per heavy atom. The van der Waals surface area contributed by atoms with Crippen LogP contribution in [0, 0.1) is 10.8 Å². The van der Waals surface area contributed by atoms with E-state index in [1.54, 1.807) is 0 Å². The first kappa shape index (κ1) is 43.3. The molecule has 2 N–H and O–H groups in total. The van der Waals surface area contributed by atoms with Gasteiger partial charge in [0.2, 0.25) is 0 Å². The van der Waals surface area contributed by atoms with Crippen molar-refractivity contribution < 1.29 is 24.5 Å². The lowest BCUT2D eigenvalue weighted by molar-refractivity contribution is 0.0705. The molecule has 2 atom stereocenters. The molecule has 0 saturated heterocycles. The van der Waals surface area contributed by atoms with Gasteiger partial charge in [-0.05, 0) is 105 Å². The largest absolute Gasteiger partial charge is 0.489 e. The van der Waals surface area contributed by atoms with Crippen molar-refractivity contribution >= 4 is 17.8 Å². The Hall–Kier alpha value is -4.10. The Balaban J connectivity index is 1.96. The van der Waals surface area contributed by atoms with Gasteiger partial charge in [0, 0.05) is 23.6 Å². The minimum atomic E-state index is -1.42. The minimum Gasteiger partial charge on any atom is -0.489 e. The molecule has 0 spiro atoms. The van der Waals surface area contributed by atoms with Crippen molar-refractivity contribution in [2.45, 2.75) is 138 Å². The van der Waals surface area contributed by atoms with Crippen molar-refractivity contribution in [1.29, 1.82) is 0 Å². The molecular formula is C46H66N2O5. The van der Waals surface area contributed by atoms with Crippen molar-refractivity contribution in [2.24, 2.45) is 10.8 Å². The van der Waals surface area contributed by atoms with Crippen LogP contribution in [0.1, 0.15) is 136 Å². The summed E-state index contributed by atoms with van der Waals surface area (Å²) in [6.07, 6.45) is 4.40. The summed E-state index contributed by atoms with van der Waals surface area (Å²) in [5, 5.41) is 19.2. The number of carboxylic acid groups (broad SMARTS) is 2. The maximum absolute atomic E-state index is 11.8. The summed E-state index contributed by atoms with van der Waals surface area (Å²) in [7, 11) is 0. The average molecular weight is 727 g/mol. The fourth-order valence-electron chi connectivity index (χ4n) is 7.49. The van der Waals surface area contributed by atoms with Crippen molar-refractivity contribution in [2.75, 3.05) is 6.54 Å². The van der Waals surface area contributed by atoms with Gasteiger partial charge in [0.15, 0.2) is 0 Å². The van der Waals surface area contributed by atoms with Crippen LogP contribution in [0.3, 0.4) is 0 Å². The molecule has 3 aromatic carbocycles. The van der Waals surface area contributed by atoms with E-state index in [2.05, 4.69) is 120 Å². The van der Waals surface area contributed by atoms with Crippen LogP contribution >= 0.6 is 0 Å². The van der Waals surface area contributed by atoms with Crippen LogP contribution in [0.4, 0.5) is 9.59 Å². The summed E-state index contributed by atoms with van der Waals surface area (Å²) in [6, 6.07) is 28.1. The van der Waals surface area contributed by atoms with Crippen LogP contribution in [-0.2, 0) is 6.61 Å². The highest BCUT2D eigenvalue weighted by Gasteiger charge is 2.37. The lowest BCUT2D eigenvalue weighted by atomic mass is 9.79. The van der Waals surface area contributed by atoms with Crippen molar-refractivity contribution in [1.82, 2.24) is 9.80 Å². The number of benzene rings is 3. The zero-order valence-corrected chi connectivity index (χ0v) is 34.1. The van der Waals surface area contributed by atoms with E-state index in [4.69, 9.17) is 4.74 Å². The predicted molar refractivity (Wildman–Crippen MR) is 219 cm³/mol. The summed E-state index contributed by atoms with van der Waals surface area (Å²) in [4.78, 5) is 26.7. The Morgan fingerprint density at radius 2 is 1.34 bits per heavy atom. The highest BCUT2D eigenvalue weighted by Crippen LogP contribution is 2.41. The SMILES string of the molecule is CC(C)N(CC[C@H](c1ccccc1)c1cc(C(=CCCCCCC(N(C(=O)O)C(=O)O)C(C)(C)C)C(C)(C)C)ccc1OCc1ccccc1)C(C)C. The maximum atomic E-state index is 11.8. The van der Waals surface area contributed by atoms with Gasteiger partial charge < -0.3 is 14.9 Å². The second kappa shape index (κ2) is 19.8. The summed E-state index contributed by atoms with van der Waals surface area (Å²) in [5.41, 5.74) is 5.47. The molecule has 0 heterocycles. The van der Waals surface area contributed by atoms with Crippen LogP contribution < -0.4 is 4.74 Å². The van der Waals surface area contributed by atoms with E-state index in [1.807, 2.05) is 39.0 Å². The van der Waals surface area contributed by atoms with Crippen molar-refractivity contribution in [3.05, 3.63) is 107 Å². The van der Waals surface area contributed by atoms with Crippen LogP contribution in [0.2, 0.25) is 0 Å². The number of amides is 2. The fourth-order valence-corrected chi connectivity index (χ4v) is 7.49. The van der Waals surface area contributed by atoms with Crippen molar-refractivity contribution in [3.8, 4) is 5.75 Å². The molecule has 0 radical (unpaired) electrons. The molecule has 0 aliphatic heterocycles. The van der Waals surface area contributed by atoms with E-state index in [1.165, 1.54) is 22.3 Å². The molecule has 0 fully saturated rings. The predicted octanol–water partition coefficient (Wildman–Crippen LogP) is 12.4. The van der Waals surface area contributed by atoms with E-state index in [9.17, 15) is 19.8 Å². The minimum absolute atomic E-state index is 0.112. The summed E-state index contributed by atoms with van der Waals surface area (Å²) >= 11 is 0. The molecule has 0 bridgehead atoms. The first-order valence-electron chi connectivity index (χ1n) is 19.5. The van der Waals surface area contributed by atoms with Gasteiger partial charge in [-0.1, -0.05) is 127 Å². The third kappa shape index (κ3) is 13.1. The smallest absolute Gasteiger partial charge is 0.417 e. The first-order chi connectivity index (χ1) is 24.9. The van der Waals surface area contributed by atoms with Gasteiger partial charge in [0.25, 0.3) is 0 Å². The highest BCUT2D eigenvalue weighted by atomic mass is 16.5. The lowest BCUT2D eigenvalue weighted by Crippen LogP contribution is -2.49. The van der Waals surface area contributed by atoms with Gasteiger partial charge in [-0.2, -0.15) is 0 Å². The fraction of sp³-hybridized carbons (Fsp3) is 0.522. The molecular weight excluding hydrogens is 661 g/mol. The lowest BCUT2D eigenvalue weighted by Gasteiger charge is -2.36. The number of allylic oxidation sites excluding steroid dienone is 2. The molecule has 2 amide bonds. The van der Waals surface area contributed by atoms with E-state index < -0.39 is 23.6 Å². The number of unbranched alkanes of at least 4 members (excludes halogenated alkanes) is 3. The van der Waals surface area contributed by atoms with Gasteiger partial charge in [-0.3, -0.25) is 4.90 Å². The molecule has 1 unspecified atom stereocenters. The topological polar surface area (TPSA) is 90.3 Å². The van der Waals surface area contributed by atoms with Gasteiger partial charge in [-0.15, -0.1) is 0 Å². The van der Waals surface area contributed by atoms with E-state index >= 15 is 0 Å². The molecule has 3 aromatic rings. The maximum Gasteiger partial charge on any atom is 0.417 e. The number of hydrogen-bond donors (Lipinski definition) is 2. The normalized spacial score (nSPS) is 13.7. The molecule has 3 rings (SSSR count). The van der Waals surface area contributed by atoms with Crippen LogP contribution in [0.15, 0.2) is 84.9 Å². The number of rotatable bonds is 18. The quantitative estimate of drug-likeness (QED) is 0.127. The zero-order valence-electron chi connectivity index (χ0n) is 34.1. The Bertz CT molecular complexity index is 1580. The Kier molecular flexibility index (Phi) is 16.2. The van der Waals surface area contributed by atoms with E-state index in [0.29, 0.717) is 30.0 Å². The molecule has 7 nitrogen and oxygen atoms in total. The summed E-state index contributed by atoms with van der Waals surface area (Å²) < 4.78 is 6.65.